The van der Waals surface area contributed by atoms with E-state index in [0.29, 0.717) is 11.8 Å². The summed E-state index contributed by atoms with van der Waals surface area (Å²) in [4.78, 5) is 0. The smallest absolute Gasteiger partial charge is 0.312 e. The first-order valence-corrected chi connectivity index (χ1v) is 7.71. The fraction of sp³-hybridized carbons (Fsp3) is 0.143. The van der Waals surface area contributed by atoms with E-state index in [1.54, 1.807) is 37.3 Å². The van der Waals surface area contributed by atoms with Gasteiger partial charge in [0.25, 0.3) is 0 Å². The molecule has 0 aliphatic rings. The molecule has 0 amide bonds. The summed E-state index contributed by atoms with van der Waals surface area (Å²) >= 11 is 0. The molecule has 1 atom stereocenters. The summed E-state index contributed by atoms with van der Waals surface area (Å²) in [7, 11) is -3.64. The van der Waals surface area contributed by atoms with Crippen LogP contribution >= 0.6 is 7.52 Å². The first-order valence-electron chi connectivity index (χ1n) is 6.08. The highest BCUT2D eigenvalue weighted by Crippen LogP contribution is 2.46. The molecular weight excluding hydrogens is 283 g/mol. The maximum Gasteiger partial charge on any atom is 0.326 e. The van der Waals surface area contributed by atoms with Crippen molar-refractivity contribution in [2.75, 3.05) is 11.7 Å². The first-order chi connectivity index (χ1) is 9.55. The summed E-state index contributed by atoms with van der Waals surface area (Å²) < 4.78 is 44.8. The quantitative estimate of drug-likeness (QED) is 0.850. The Hall–Kier alpha value is -1.71. The Morgan fingerprint density at radius 2 is 1.85 bits per heavy atom. The number of halogens is 2. The van der Waals surface area contributed by atoms with E-state index in [1.807, 2.05) is 0 Å². The Bertz CT molecular complexity index is 634. The second kappa shape index (κ2) is 6.16. The molecule has 106 valence electrons. The highest BCUT2D eigenvalue weighted by molar-refractivity contribution is 7.68. The number of hydrogen-bond acceptors (Lipinski definition) is 2. The molecule has 0 saturated carbocycles. The van der Waals surface area contributed by atoms with Crippen molar-refractivity contribution in [1.82, 2.24) is 0 Å². The van der Waals surface area contributed by atoms with Gasteiger partial charge in [-0.05, 0) is 31.2 Å². The monoisotopic (exact) mass is 297 g/mol. The van der Waals surface area contributed by atoms with Gasteiger partial charge in [0.15, 0.2) is 0 Å². The van der Waals surface area contributed by atoms with E-state index >= 15 is 0 Å². The lowest BCUT2D eigenvalue weighted by atomic mass is 10.3. The van der Waals surface area contributed by atoms with Crippen LogP contribution in [0.5, 0.6) is 0 Å². The molecule has 20 heavy (non-hydrogen) atoms. The predicted molar refractivity (Wildman–Crippen MR) is 75.3 cm³/mol. The highest BCUT2D eigenvalue weighted by atomic mass is 31.2. The van der Waals surface area contributed by atoms with Crippen LogP contribution in [0.3, 0.4) is 0 Å². The summed E-state index contributed by atoms with van der Waals surface area (Å²) in [6.45, 7) is 1.79. The fourth-order valence-electron chi connectivity index (χ4n) is 1.75. The molecule has 0 aromatic heterocycles. The molecule has 0 saturated heterocycles. The van der Waals surface area contributed by atoms with E-state index < -0.39 is 19.2 Å². The van der Waals surface area contributed by atoms with Gasteiger partial charge in [-0.1, -0.05) is 18.2 Å². The molecule has 0 heterocycles. The van der Waals surface area contributed by atoms with Gasteiger partial charge in [-0.15, -0.1) is 0 Å². The lowest BCUT2D eigenvalue weighted by molar-refractivity contribution is 0.343. The van der Waals surface area contributed by atoms with E-state index in [0.717, 1.165) is 12.1 Å². The number of nitrogens with one attached hydrogen (secondary N) is 1. The van der Waals surface area contributed by atoms with Gasteiger partial charge in [0, 0.05) is 11.8 Å². The average molecular weight is 297 g/mol. The highest BCUT2D eigenvalue weighted by Gasteiger charge is 2.29. The number of anilines is 1. The normalized spacial score (nSPS) is 13.8. The molecule has 1 N–H and O–H groups in total. The summed E-state index contributed by atoms with van der Waals surface area (Å²) in [6.07, 6.45) is 0. The molecular formula is C14H14F2NO2P. The Balaban J connectivity index is 2.41. The van der Waals surface area contributed by atoms with Crippen molar-refractivity contribution in [2.45, 2.75) is 6.92 Å². The molecule has 2 rings (SSSR count). The summed E-state index contributed by atoms with van der Waals surface area (Å²) in [5.41, 5.74) is 0.535. The Labute approximate surface area is 116 Å². The minimum absolute atomic E-state index is 0.133. The Kier molecular flexibility index (Phi) is 4.53. The zero-order valence-corrected chi connectivity index (χ0v) is 11.7. The summed E-state index contributed by atoms with van der Waals surface area (Å²) in [5.74, 6) is -1.63. The molecule has 0 aliphatic carbocycles. The maximum absolute atomic E-state index is 13.8. The minimum atomic E-state index is -3.64. The maximum atomic E-state index is 13.8. The van der Waals surface area contributed by atoms with Gasteiger partial charge in [-0.2, -0.15) is 0 Å². The van der Waals surface area contributed by atoms with Gasteiger partial charge >= 0.3 is 7.52 Å². The minimum Gasteiger partial charge on any atom is -0.312 e. The SMILES string of the molecule is CCOP(=O)(Nc1ccccc1)c1ccc(F)cc1F. The van der Waals surface area contributed by atoms with Crippen LogP contribution < -0.4 is 10.4 Å². The predicted octanol–water partition coefficient (Wildman–Crippen LogP) is 3.93. The van der Waals surface area contributed by atoms with Gasteiger partial charge in [-0.3, -0.25) is 4.57 Å². The van der Waals surface area contributed by atoms with E-state index in [9.17, 15) is 13.3 Å². The van der Waals surface area contributed by atoms with Crippen LogP contribution in [0.4, 0.5) is 14.5 Å². The van der Waals surface area contributed by atoms with E-state index in [-0.39, 0.29) is 11.9 Å². The summed E-state index contributed by atoms with van der Waals surface area (Å²) in [6, 6.07) is 11.6. The number of rotatable bonds is 5. The van der Waals surface area contributed by atoms with Crippen LogP contribution in [0.15, 0.2) is 48.5 Å². The number of para-hydroxylation sites is 1. The molecule has 3 nitrogen and oxygen atoms in total. The van der Waals surface area contributed by atoms with Gasteiger partial charge in [0.05, 0.1) is 11.9 Å². The second-order valence-electron chi connectivity index (χ2n) is 4.04. The van der Waals surface area contributed by atoms with Crippen molar-refractivity contribution in [3.05, 3.63) is 60.2 Å². The van der Waals surface area contributed by atoms with Gasteiger partial charge in [-0.25, -0.2) is 8.78 Å². The van der Waals surface area contributed by atoms with Crippen molar-refractivity contribution in [3.63, 3.8) is 0 Å². The standard InChI is InChI=1S/C14H14F2NO2P/c1-2-19-20(18,17-12-6-4-3-5-7-12)14-9-8-11(15)10-13(14)16/h3-10H,2H2,1H3,(H,17,18). The molecule has 0 aliphatic heterocycles. The molecule has 2 aromatic rings. The zero-order chi connectivity index (χ0) is 14.6. The largest absolute Gasteiger partial charge is 0.326 e. The van der Waals surface area contributed by atoms with Gasteiger partial charge in [0.2, 0.25) is 0 Å². The Morgan fingerprint density at radius 3 is 2.45 bits per heavy atom. The third-order valence-electron chi connectivity index (χ3n) is 2.59. The lowest BCUT2D eigenvalue weighted by Crippen LogP contribution is -2.18. The zero-order valence-electron chi connectivity index (χ0n) is 10.8. The fourth-order valence-corrected chi connectivity index (χ4v) is 3.54. The van der Waals surface area contributed by atoms with Crippen LogP contribution in [0.2, 0.25) is 0 Å². The Morgan fingerprint density at radius 1 is 1.15 bits per heavy atom. The van der Waals surface area contributed by atoms with Gasteiger partial charge in [0.1, 0.15) is 11.6 Å². The van der Waals surface area contributed by atoms with Crippen LogP contribution in [-0.4, -0.2) is 6.61 Å². The second-order valence-corrected chi connectivity index (χ2v) is 6.11. The van der Waals surface area contributed by atoms with Crippen LogP contribution in [0.1, 0.15) is 6.92 Å². The van der Waals surface area contributed by atoms with Crippen LogP contribution in [0, 0.1) is 11.6 Å². The molecule has 0 spiro atoms. The van der Waals surface area contributed by atoms with Crippen molar-refractivity contribution in [2.24, 2.45) is 0 Å². The molecule has 0 fully saturated rings. The van der Waals surface area contributed by atoms with Crippen molar-refractivity contribution < 1.29 is 17.9 Å². The topological polar surface area (TPSA) is 38.3 Å². The van der Waals surface area contributed by atoms with Gasteiger partial charge < -0.3 is 9.61 Å². The van der Waals surface area contributed by atoms with Crippen molar-refractivity contribution in [3.8, 4) is 0 Å². The van der Waals surface area contributed by atoms with Crippen molar-refractivity contribution >= 4 is 18.5 Å². The number of hydrogen-bond donors (Lipinski definition) is 1. The van der Waals surface area contributed by atoms with E-state index in [4.69, 9.17) is 4.52 Å². The van der Waals surface area contributed by atoms with Crippen LogP contribution in [-0.2, 0) is 9.09 Å². The number of benzene rings is 2. The lowest BCUT2D eigenvalue weighted by Gasteiger charge is -2.20. The van der Waals surface area contributed by atoms with Crippen LogP contribution in [0.25, 0.3) is 0 Å². The molecule has 2 aromatic carbocycles. The third-order valence-corrected chi connectivity index (χ3v) is 4.76. The van der Waals surface area contributed by atoms with E-state index in [1.165, 1.54) is 0 Å². The third kappa shape index (κ3) is 3.24. The molecule has 6 heteroatoms. The summed E-state index contributed by atoms with van der Waals surface area (Å²) in [5, 5.41) is 2.53. The van der Waals surface area contributed by atoms with E-state index in [2.05, 4.69) is 5.09 Å². The molecule has 1 unspecified atom stereocenters. The first kappa shape index (κ1) is 14.7. The van der Waals surface area contributed by atoms with Crippen molar-refractivity contribution in [1.29, 1.82) is 0 Å². The average Bonchev–Trinajstić information content (AvgIpc) is 2.39. The molecule has 0 radical (unpaired) electrons. The molecule has 0 bridgehead atoms.